The summed E-state index contributed by atoms with van der Waals surface area (Å²) in [5.41, 5.74) is 5.58. The largest absolute Gasteiger partial charge is 0.326 e. The lowest BCUT2D eigenvalue weighted by Crippen LogP contribution is -2.56. The maximum Gasteiger partial charge on any atom is 0.252 e. The number of fused-ring (bicyclic) bond motifs is 1. The lowest BCUT2D eigenvalue weighted by molar-refractivity contribution is 0.117. The van der Waals surface area contributed by atoms with Gasteiger partial charge in [0.05, 0.1) is 0 Å². The van der Waals surface area contributed by atoms with Crippen LogP contribution in [0.5, 0.6) is 0 Å². The fourth-order valence-corrected chi connectivity index (χ4v) is 6.24. The van der Waals surface area contributed by atoms with Crippen molar-refractivity contribution in [2.75, 3.05) is 19.6 Å². The second kappa shape index (κ2) is 5.38. The highest BCUT2D eigenvalue weighted by molar-refractivity contribution is 7.91. The first kappa shape index (κ1) is 14.5. The van der Waals surface area contributed by atoms with Crippen LogP contribution in [0.4, 0.5) is 0 Å². The van der Waals surface area contributed by atoms with Crippen LogP contribution in [0, 0.1) is 0 Å². The van der Waals surface area contributed by atoms with Gasteiger partial charge in [-0.3, -0.25) is 4.90 Å². The summed E-state index contributed by atoms with van der Waals surface area (Å²) in [7, 11) is -3.37. The molecule has 0 bridgehead atoms. The maximum atomic E-state index is 12.8. The van der Waals surface area contributed by atoms with E-state index < -0.39 is 10.0 Å². The van der Waals surface area contributed by atoms with Crippen molar-refractivity contribution in [3.8, 4) is 0 Å². The molecule has 5 nitrogen and oxygen atoms in total. The Hall–Kier alpha value is -0.470. The van der Waals surface area contributed by atoms with Gasteiger partial charge in [0, 0.05) is 36.6 Å². The molecule has 1 aromatic rings. The Balaban J connectivity index is 1.86. The maximum absolute atomic E-state index is 12.8. The summed E-state index contributed by atoms with van der Waals surface area (Å²) in [4.78, 5) is 3.34. The van der Waals surface area contributed by atoms with E-state index in [0.717, 1.165) is 24.4 Å². The van der Waals surface area contributed by atoms with E-state index in [2.05, 4.69) is 4.90 Å². The number of hydrogen-bond acceptors (Lipinski definition) is 5. The third kappa shape index (κ3) is 2.42. The van der Waals surface area contributed by atoms with Crippen molar-refractivity contribution in [2.24, 2.45) is 5.73 Å². The van der Waals surface area contributed by atoms with Crippen molar-refractivity contribution < 1.29 is 8.42 Å². The molecule has 0 spiro atoms. The van der Waals surface area contributed by atoms with E-state index in [4.69, 9.17) is 5.73 Å². The predicted molar refractivity (Wildman–Crippen MR) is 80.2 cm³/mol. The third-order valence-electron chi connectivity index (χ3n) is 4.28. The van der Waals surface area contributed by atoms with Crippen LogP contribution in [0.15, 0.2) is 16.3 Å². The zero-order valence-electron chi connectivity index (χ0n) is 11.7. The van der Waals surface area contributed by atoms with Gasteiger partial charge >= 0.3 is 0 Å². The molecule has 112 valence electrons. The van der Waals surface area contributed by atoms with Crippen LogP contribution < -0.4 is 5.73 Å². The van der Waals surface area contributed by atoms with Gasteiger partial charge in [-0.1, -0.05) is 0 Å². The van der Waals surface area contributed by atoms with E-state index in [0.29, 0.717) is 23.3 Å². The Labute approximate surface area is 124 Å². The Morgan fingerprint density at radius 2 is 2.20 bits per heavy atom. The van der Waals surface area contributed by atoms with Crippen molar-refractivity contribution in [3.05, 3.63) is 17.0 Å². The van der Waals surface area contributed by atoms with Crippen LogP contribution >= 0.6 is 11.3 Å². The molecular formula is C13H21N3O2S2. The normalized spacial score (nSPS) is 28.7. The van der Waals surface area contributed by atoms with Crippen LogP contribution in [0.1, 0.15) is 24.6 Å². The molecule has 7 heteroatoms. The lowest BCUT2D eigenvalue weighted by Gasteiger charge is -2.41. The van der Waals surface area contributed by atoms with Crippen molar-refractivity contribution in [2.45, 2.75) is 42.6 Å². The number of piperazine rings is 1. The monoisotopic (exact) mass is 315 g/mol. The molecule has 3 rings (SSSR count). The molecule has 3 heterocycles. The van der Waals surface area contributed by atoms with Gasteiger partial charge in [-0.25, -0.2) is 8.42 Å². The molecule has 0 radical (unpaired) electrons. The summed E-state index contributed by atoms with van der Waals surface area (Å²) in [6.45, 7) is 4.98. The van der Waals surface area contributed by atoms with Crippen LogP contribution in [0.3, 0.4) is 0 Å². The topological polar surface area (TPSA) is 66.6 Å². The number of rotatable bonds is 3. The van der Waals surface area contributed by atoms with E-state index in [-0.39, 0.29) is 6.04 Å². The zero-order chi connectivity index (χ0) is 14.3. The molecule has 1 aromatic heterocycles. The molecule has 2 aliphatic rings. The predicted octanol–water partition coefficient (Wildman–Crippen LogP) is 1.06. The molecule has 0 amide bonds. The molecule has 2 unspecified atom stereocenters. The number of thiophene rings is 1. The average Bonchev–Trinajstić information content (AvgIpc) is 3.05. The van der Waals surface area contributed by atoms with E-state index in [9.17, 15) is 8.42 Å². The molecule has 2 aliphatic heterocycles. The van der Waals surface area contributed by atoms with Crippen molar-refractivity contribution in [1.29, 1.82) is 0 Å². The fraction of sp³-hybridized carbons (Fsp3) is 0.692. The summed E-state index contributed by atoms with van der Waals surface area (Å²) < 4.78 is 27.7. The second-order valence-corrected chi connectivity index (χ2v) is 8.93. The fourth-order valence-electron chi connectivity index (χ4n) is 3.22. The van der Waals surface area contributed by atoms with Crippen molar-refractivity contribution >= 4 is 21.4 Å². The summed E-state index contributed by atoms with van der Waals surface area (Å²) in [5, 5.41) is 0. The standard InChI is InChI=1S/C13H21N3O2S2/c1-10-8-15-6-2-3-11(15)9-16(10)20(17,18)13-5-4-12(7-14)19-13/h4-5,10-11H,2-3,6-9,14H2,1H3. The minimum absolute atomic E-state index is 0.0396. The SMILES string of the molecule is CC1CN2CCCC2CN1S(=O)(=O)c1ccc(CN)s1. The second-order valence-electron chi connectivity index (χ2n) is 5.64. The van der Waals surface area contributed by atoms with Gasteiger partial charge in [-0.05, 0) is 38.4 Å². The first-order chi connectivity index (χ1) is 9.52. The van der Waals surface area contributed by atoms with Crippen molar-refractivity contribution in [1.82, 2.24) is 9.21 Å². The van der Waals surface area contributed by atoms with E-state index >= 15 is 0 Å². The molecule has 2 saturated heterocycles. The summed E-state index contributed by atoms with van der Waals surface area (Å²) >= 11 is 1.29. The van der Waals surface area contributed by atoms with Crippen LogP contribution in [-0.4, -0.2) is 49.3 Å². The molecule has 20 heavy (non-hydrogen) atoms. The van der Waals surface area contributed by atoms with Gasteiger partial charge in [0.2, 0.25) is 0 Å². The van der Waals surface area contributed by atoms with Gasteiger partial charge in [0.25, 0.3) is 10.0 Å². The van der Waals surface area contributed by atoms with Crippen LogP contribution in [-0.2, 0) is 16.6 Å². The van der Waals surface area contributed by atoms with Gasteiger partial charge in [0.15, 0.2) is 0 Å². The van der Waals surface area contributed by atoms with E-state index in [1.165, 1.54) is 17.8 Å². The minimum atomic E-state index is -3.37. The third-order valence-corrected chi connectivity index (χ3v) is 7.84. The Kier molecular flexibility index (Phi) is 3.89. The lowest BCUT2D eigenvalue weighted by atomic mass is 10.1. The van der Waals surface area contributed by atoms with Crippen LogP contribution in [0.2, 0.25) is 0 Å². The summed E-state index contributed by atoms with van der Waals surface area (Å²) in [5.74, 6) is 0. The highest BCUT2D eigenvalue weighted by Gasteiger charge is 2.40. The van der Waals surface area contributed by atoms with Gasteiger partial charge in [-0.2, -0.15) is 4.31 Å². The highest BCUT2D eigenvalue weighted by Crippen LogP contribution is 2.31. The zero-order valence-corrected chi connectivity index (χ0v) is 13.3. The highest BCUT2D eigenvalue weighted by atomic mass is 32.2. The molecule has 0 aliphatic carbocycles. The average molecular weight is 315 g/mol. The van der Waals surface area contributed by atoms with Gasteiger partial charge < -0.3 is 5.73 Å². The van der Waals surface area contributed by atoms with Crippen molar-refractivity contribution in [3.63, 3.8) is 0 Å². The summed E-state index contributed by atoms with van der Waals surface area (Å²) in [6, 6.07) is 3.94. The first-order valence-corrected chi connectivity index (χ1v) is 9.32. The first-order valence-electron chi connectivity index (χ1n) is 7.07. The quantitative estimate of drug-likeness (QED) is 0.906. The number of hydrogen-bond donors (Lipinski definition) is 1. The molecule has 0 saturated carbocycles. The number of nitrogens with zero attached hydrogens (tertiary/aromatic N) is 2. The van der Waals surface area contributed by atoms with E-state index in [1.54, 1.807) is 10.4 Å². The Bertz CT molecular complexity index is 584. The molecule has 0 aromatic carbocycles. The summed E-state index contributed by atoms with van der Waals surface area (Å²) in [6.07, 6.45) is 2.29. The molecular weight excluding hydrogens is 294 g/mol. The number of sulfonamides is 1. The smallest absolute Gasteiger partial charge is 0.252 e. The van der Waals surface area contributed by atoms with Gasteiger partial charge in [0.1, 0.15) is 4.21 Å². The Morgan fingerprint density at radius 1 is 1.40 bits per heavy atom. The molecule has 2 N–H and O–H groups in total. The number of nitrogens with two attached hydrogens (primary N) is 1. The molecule has 2 atom stereocenters. The van der Waals surface area contributed by atoms with Gasteiger partial charge in [-0.15, -0.1) is 11.3 Å². The minimum Gasteiger partial charge on any atom is -0.326 e. The van der Waals surface area contributed by atoms with Crippen LogP contribution in [0.25, 0.3) is 0 Å². The van der Waals surface area contributed by atoms with E-state index in [1.807, 2.05) is 13.0 Å². The molecule has 2 fully saturated rings. The Morgan fingerprint density at radius 3 is 2.90 bits per heavy atom.